The molecule has 14 nitrogen and oxygen atoms in total. The second-order valence-corrected chi connectivity index (χ2v) is 19.0. The Bertz CT molecular complexity index is 1430. The van der Waals surface area contributed by atoms with Gasteiger partial charge >= 0.3 is 5.97 Å². The maximum atomic E-state index is 12.6. The van der Waals surface area contributed by atoms with Crippen molar-refractivity contribution in [3.05, 3.63) is 11.6 Å². The first kappa shape index (κ1) is 41.5. The number of rotatable bonds is 8. The van der Waals surface area contributed by atoms with E-state index in [9.17, 15) is 30.3 Å². The van der Waals surface area contributed by atoms with Crippen LogP contribution in [-0.2, 0) is 42.7 Å². The number of esters is 1. The van der Waals surface area contributed by atoms with Crippen LogP contribution in [0.25, 0.3) is 0 Å². The first-order chi connectivity index (χ1) is 26.5. The first-order valence-electron chi connectivity index (χ1n) is 21.3. The van der Waals surface area contributed by atoms with Gasteiger partial charge in [-0.3, -0.25) is 0 Å². The van der Waals surface area contributed by atoms with Gasteiger partial charge in [0.05, 0.1) is 54.4 Å². The zero-order valence-electron chi connectivity index (χ0n) is 33.9. The Kier molecular flexibility index (Phi) is 11.6. The summed E-state index contributed by atoms with van der Waals surface area (Å²) in [6.45, 7) is 10.1. The predicted octanol–water partition coefficient (Wildman–Crippen LogP) is 2.87. The average Bonchev–Trinajstić information content (AvgIpc) is 3.68. The molecule has 8 aliphatic rings. The summed E-state index contributed by atoms with van der Waals surface area (Å²) in [6.07, 6.45) is -0.0154. The molecular weight excluding hydrogens is 728 g/mol. The minimum atomic E-state index is -1.01. The molecule has 8 rings (SSSR count). The molecule has 4 saturated carbocycles. The van der Waals surface area contributed by atoms with Gasteiger partial charge in [0.15, 0.2) is 18.9 Å². The molecule has 0 bridgehead atoms. The molecule has 7 fully saturated rings. The van der Waals surface area contributed by atoms with Crippen molar-refractivity contribution in [2.24, 2.45) is 34.5 Å². The van der Waals surface area contributed by atoms with Gasteiger partial charge in [0.2, 0.25) is 0 Å². The van der Waals surface area contributed by atoms with E-state index < -0.39 is 84.8 Å². The summed E-state index contributed by atoms with van der Waals surface area (Å²) in [7, 11) is 1.53. The number of hydrogen-bond donors (Lipinski definition) is 5. The summed E-state index contributed by atoms with van der Waals surface area (Å²) < 4.78 is 47.8. The van der Waals surface area contributed by atoms with Crippen molar-refractivity contribution >= 4 is 5.97 Å². The summed E-state index contributed by atoms with van der Waals surface area (Å²) in [5, 5.41) is 57.3. The fourth-order valence-electron chi connectivity index (χ4n) is 13.1. The zero-order chi connectivity index (χ0) is 39.9. The highest BCUT2D eigenvalue weighted by Crippen LogP contribution is 2.70. The molecular formula is C42H66O14. The molecule has 0 amide bonds. The molecule has 21 atom stereocenters. The molecule has 0 aromatic rings. The average molecular weight is 795 g/mol. The number of methoxy groups -OCH3 is 1. The van der Waals surface area contributed by atoms with Gasteiger partial charge in [-0.15, -0.1) is 0 Å². The molecule has 318 valence electrons. The van der Waals surface area contributed by atoms with Crippen molar-refractivity contribution in [1.29, 1.82) is 0 Å². The largest absolute Gasteiger partial charge is 0.458 e. The van der Waals surface area contributed by atoms with Crippen molar-refractivity contribution in [2.75, 3.05) is 13.7 Å². The lowest BCUT2D eigenvalue weighted by atomic mass is 9.42. The van der Waals surface area contributed by atoms with Crippen molar-refractivity contribution in [3.63, 3.8) is 0 Å². The van der Waals surface area contributed by atoms with Gasteiger partial charge in [-0.25, -0.2) is 4.79 Å². The Morgan fingerprint density at radius 2 is 1.27 bits per heavy atom. The van der Waals surface area contributed by atoms with Gasteiger partial charge < -0.3 is 63.4 Å². The Hall–Kier alpha value is -1.27. The summed E-state index contributed by atoms with van der Waals surface area (Å²) in [6, 6.07) is 0. The SMILES string of the molecule is CO[C@H]1[C@@H](O)C[C@H](O[C@@H]2[C@@H](O)C[C@H](O[C@H]3[C@@H](O)C[C@H](O[C@H]4CC[C@@]5(C)[C@H](CC[C@@H]6[C@H]5C[C@@H](O)[C@]5(C)[C@@H](C7=CC(=O)OC7)CC[C@]65O)C4)O[C@@H]3C)O[C@@H]2C)O[C@@H]1C. The molecule has 14 heteroatoms. The molecule has 0 aromatic carbocycles. The van der Waals surface area contributed by atoms with E-state index in [0.29, 0.717) is 18.8 Å². The van der Waals surface area contributed by atoms with Crippen LogP contribution in [0.3, 0.4) is 0 Å². The summed E-state index contributed by atoms with van der Waals surface area (Å²) in [5.41, 5.74) is -0.877. The highest BCUT2D eigenvalue weighted by atomic mass is 16.7. The van der Waals surface area contributed by atoms with Crippen LogP contribution in [0.2, 0.25) is 0 Å². The molecule has 0 aromatic heterocycles. The van der Waals surface area contributed by atoms with E-state index in [2.05, 4.69) is 6.92 Å². The van der Waals surface area contributed by atoms with E-state index >= 15 is 0 Å². The third kappa shape index (κ3) is 7.02. The molecule has 0 unspecified atom stereocenters. The lowest BCUT2D eigenvalue weighted by molar-refractivity contribution is -0.336. The zero-order valence-corrected chi connectivity index (χ0v) is 33.9. The van der Waals surface area contributed by atoms with Crippen LogP contribution in [0.15, 0.2) is 11.6 Å². The minimum Gasteiger partial charge on any atom is -0.458 e. The maximum Gasteiger partial charge on any atom is 0.331 e. The van der Waals surface area contributed by atoms with Crippen molar-refractivity contribution in [3.8, 4) is 0 Å². The summed E-state index contributed by atoms with van der Waals surface area (Å²) in [4.78, 5) is 12.0. The number of carbonyl (C=O) groups excluding carboxylic acids is 1. The molecule has 4 heterocycles. The van der Waals surface area contributed by atoms with Crippen LogP contribution in [0.1, 0.15) is 105 Å². The number of ether oxygens (including phenoxy) is 8. The third-order valence-corrected chi connectivity index (χ3v) is 16.2. The molecule has 0 radical (unpaired) electrons. The topological polar surface area (TPSA) is 192 Å². The number of aliphatic hydroxyl groups is 5. The number of aliphatic hydroxyl groups excluding tert-OH is 4. The lowest BCUT2D eigenvalue weighted by Crippen LogP contribution is -2.67. The van der Waals surface area contributed by atoms with Crippen LogP contribution < -0.4 is 0 Å². The highest BCUT2D eigenvalue weighted by Gasteiger charge is 2.71. The Morgan fingerprint density at radius 1 is 0.696 bits per heavy atom. The monoisotopic (exact) mass is 794 g/mol. The minimum absolute atomic E-state index is 0.0386. The summed E-state index contributed by atoms with van der Waals surface area (Å²) in [5.74, 6) is 0.223. The molecule has 0 spiro atoms. The standard InChI is InChI=1S/C42H66O14/c1-20-37(49-6)29(43)16-35(51-20)55-39-22(3)53-36(18-31(39)45)56-38-21(2)52-34(17-30(38)44)54-25-9-11-40(4)24(14-25)7-8-27-28(40)15-32(46)41(5)26(10-12-42(27,41)48)23-13-33(47)50-19-23/h13,20-22,24-32,34-39,43-46,48H,7-12,14-19H2,1-6H3/t20-,21-,22-,24-,25+,26-,27-,28-,29+,30+,31+,32-,34+,35+,36+,37-,38-,39+,40+,41+,42+/m1/s1. The van der Waals surface area contributed by atoms with Crippen molar-refractivity contribution in [1.82, 2.24) is 0 Å². The van der Waals surface area contributed by atoms with E-state index in [1.165, 1.54) is 7.11 Å². The van der Waals surface area contributed by atoms with Gasteiger partial charge in [0, 0.05) is 37.9 Å². The first-order valence-corrected chi connectivity index (χ1v) is 21.3. The Labute approximate surface area is 330 Å². The quantitative estimate of drug-likeness (QED) is 0.178. The van der Waals surface area contributed by atoms with Gasteiger partial charge in [0.1, 0.15) is 24.9 Å². The second kappa shape index (κ2) is 15.6. The smallest absolute Gasteiger partial charge is 0.331 e. The number of cyclic esters (lactones) is 1. The van der Waals surface area contributed by atoms with Gasteiger partial charge in [-0.2, -0.15) is 0 Å². The second-order valence-electron chi connectivity index (χ2n) is 19.0. The van der Waals surface area contributed by atoms with E-state index in [0.717, 1.165) is 44.1 Å². The lowest BCUT2D eigenvalue weighted by Gasteiger charge is -2.65. The summed E-state index contributed by atoms with van der Waals surface area (Å²) >= 11 is 0. The predicted molar refractivity (Wildman–Crippen MR) is 197 cm³/mol. The Morgan fingerprint density at radius 3 is 1.80 bits per heavy atom. The number of fused-ring (bicyclic) bond motifs is 5. The Balaban J connectivity index is 0.832. The fourth-order valence-corrected chi connectivity index (χ4v) is 13.1. The van der Waals surface area contributed by atoms with E-state index in [1.807, 2.05) is 20.8 Å². The van der Waals surface area contributed by atoms with E-state index in [-0.39, 0.29) is 67.2 Å². The number of hydrogen-bond acceptors (Lipinski definition) is 14. The van der Waals surface area contributed by atoms with Crippen molar-refractivity contribution < 1.29 is 68.2 Å². The maximum absolute atomic E-state index is 12.6. The van der Waals surface area contributed by atoms with Crippen molar-refractivity contribution in [2.45, 2.75) is 197 Å². The third-order valence-electron chi connectivity index (χ3n) is 16.2. The number of carbonyl (C=O) groups is 1. The van der Waals surface area contributed by atoms with E-state index in [4.69, 9.17) is 37.9 Å². The van der Waals surface area contributed by atoms with Gasteiger partial charge in [-0.1, -0.05) is 13.8 Å². The van der Waals surface area contributed by atoms with Crippen LogP contribution in [0, 0.1) is 34.5 Å². The van der Waals surface area contributed by atoms with E-state index in [1.54, 1.807) is 13.0 Å². The molecule has 5 N–H and O–H groups in total. The molecule has 3 saturated heterocycles. The normalized spacial score (nSPS) is 54.8. The molecule has 4 aliphatic heterocycles. The van der Waals surface area contributed by atoms with Crippen LogP contribution in [0.4, 0.5) is 0 Å². The van der Waals surface area contributed by atoms with Gasteiger partial charge in [-0.05, 0) is 107 Å². The molecule has 56 heavy (non-hydrogen) atoms. The van der Waals surface area contributed by atoms with Crippen LogP contribution in [0.5, 0.6) is 0 Å². The van der Waals surface area contributed by atoms with Crippen LogP contribution in [-0.4, -0.2) is 137 Å². The molecule has 4 aliphatic carbocycles. The highest BCUT2D eigenvalue weighted by molar-refractivity contribution is 5.85. The fraction of sp³-hybridized carbons (Fsp3) is 0.929. The van der Waals surface area contributed by atoms with Gasteiger partial charge in [0.25, 0.3) is 0 Å². The van der Waals surface area contributed by atoms with Crippen LogP contribution >= 0.6 is 0 Å².